The fraction of sp³-hybridized carbons (Fsp3) is 0.500. The molecular formula is C20H26ClN3OS. The van der Waals surface area contributed by atoms with E-state index in [-0.39, 0.29) is 11.9 Å². The first kappa shape index (κ1) is 19.3. The molecule has 140 valence electrons. The number of nitrogens with one attached hydrogen (secondary N) is 1. The lowest BCUT2D eigenvalue weighted by Crippen LogP contribution is -2.43. The SMILES string of the molecule is CC[C@H](CN1CCCC1)NC(=O)Cc1sc(C)nc1-c1ccc(Cl)cc1. The Hall–Kier alpha value is -1.43. The minimum atomic E-state index is 0.0786. The van der Waals surface area contributed by atoms with E-state index in [1.54, 1.807) is 11.3 Å². The van der Waals surface area contributed by atoms with Gasteiger partial charge in [-0.15, -0.1) is 11.3 Å². The third kappa shape index (κ3) is 5.06. The predicted octanol–water partition coefficient (Wildman–Crippen LogP) is 4.31. The van der Waals surface area contributed by atoms with E-state index in [0.29, 0.717) is 11.4 Å². The highest BCUT2D eigenvalue weighted by Gasteiger charge is 2.20. The van der Waals surface area contributed by atoms with E-state index >= 15 is 0 Å². The molecule has 6 heteroatoms. The number of carbonyl (C=O) groups is 1. The van der Waals surface area contributed by atoms with Crippen molar-refractivity contribution >= 4 is 28.8 Å². The molecule has 1 fully saturated rings. The van der Waals surface area contributed by atoms with Crippen LogP contribution in [-0.4, -0.2) is 41.5 Å². The van der Waals surface area contributed by atoms with Gasteiger partial charge in [0.05, 0.1) is 17.1 Å². The third-order valence-electron chi connectivity index (χ3n) is 4.78. The summed E-state index contributed by atoms with van der Waals surface area (Å²) in [6, 6.07) is 7.85. The quantitative estimate of drug-likeness (QED) is 0.765. The summed E-state index contributed by atoms with van der Waals surface area (Å²) in [5.74, 6) is 0.0786. The van der Waals surface area contributed by atoms with Gasteiger partial charge in [0, 0.05) is 28.0 Å². The highest BCUT2D eigenvalue weighted by atomic mass is 35.5. The van der Waals surface area contributed by atoms with Crippen molar-refractivity contribution < 1.29 is 4.79 Å². The molecule has 4 nitrogen and oxygen atoms in total. The monoisotopic (exact) mass is 391 g/mol. The molecule has 1 saturated heterocycles. The van der Waals surface area contributed by atoms with E-state index in [9.17, 15) is 4.79 Å². The summed E-state index contributed by atoms with van der Waals surface area (Å²) in [5, 5.41) is 4.89. The lowest BCUT2D eigenvalue weighted by atomic mass is 10.1. The van der Waals surface area contributed by atoms with E-state index in [4.69, 9.17) is 11.6 Å². The Morgan fingerprint density at radius 3 is 2.65 bits per heavy atom. The molecule has 2 aromatic rings. The van der Waals surface area contributed by atoms with Gasteiger partial charge in [0.1, 0.15) is 0 Å². The summed E-state index contributed by atoms with van der Waals surface area (Å²) in [5.41, 5.74) is 1.90. The number of nitrogens with zero attached hydrogens (tertiary/aromatic N) is 2. The lowest BCUT2D eigenvalue weighted by molar-refractivity contribution is -0.121. The van der Waals surface area contributed by atoms with Gasteiger partial charge in [0.15, 0.2) is 0 Å². The van der Waals surface area contributed by atoms with Crippen LogP contribution in [0, 0.1) is 6.92 Å². The molecule has 0 saturated carbocycles. The molecule has 0 spiro atoms. The Morgan fingerprint density at radius 2 is 2.00 bits per heavy atom. The number of hydrogen-bond donors (Lipinski definition) is 1. The second-order valence-electron chi connectivity index (χ2n) is 6.87. The van der Waals surface area contributed by atoms with Gasteiger partial charge in [0.2, 0.25) is 5.91 Å². The van der Waals surface area contributed by atoms with Crippen LogP contribution in [-0.2, 0) is 11.2 Å². The third-order valence-corrected chi connectivity index (χ3v) is 6.00. The first-order valence-corrected chi connectivity index (χ1v) is 10.5. The van der Waals surface area contributed by atoms with Crippen molar-refractivity contribution in [3.8, 4) is 11.3 Å². The average Bonchev–Trinajstić information content (AvgIpc) is 3.24. The van der Waals surface area contributed by atoms with Crippen molar-refractivity contribution in [2.45, 2.75) is 45.6 Å². The van der Waals surface area contributed by atoms with Gasteiger partial charge >= 0.3 is 0 Å². The fourth-order valence-electron chi connectivity index (χ4n) is 3.40. The Balaban J connectivity index is 1.66. The molecule has 1 amide bonds. The minimum absolute atomic E-state index is 0.0786. The molecular weight excluding hydrogens is 366 g/mol. The average molecular weight is 392 g/mol. The smallest absolute Gasteiger partial charge is 0.225 e. The highest BCUT2D eigenvalue weighted by molar-refractivity contribution is 7.12. The first-order valence-electron chi connectivity index (χ1n) is 9.29. The molecule has 0 aliphatic carbocycles. The molecule has 0 bridgehead atoms. The summed E-state index contributed by atoms with van der Waals surface area (Å²) in [7, 11) is 0. The molecule has 2 heterocycles. The van der Waals surface area contributed by atoms with Crippen LogP contribution in [0.2, 0.25) is 5.02 Å². The van der Waals surface area contributed by atoms with Crippen molar-refractivity contribution in [1.82, 2.24) is 15.2 Å². The van der Waals surface area contributed by atoms with E-state index in [0.717, 1.165) is 47.2 Å². The van der Waals surface area contributed by atoms with Crippen LogP contribution in [0.4, 0.5) is 0 Å². The van der Waals surface area contributed by atoms with Gasteiger partial charge in [-0.05, 0) is 51.4 Å². The minimum Gasteiger partial charge on any atom is -0.352 e. The molecule has 0 radical (unpaired) electrons. The molecule has 1 aromatic carbocycles. The van der Waals surface area contributed by atoms with Gasteiger partial charge in [-0.1, -0.05) is 30.7 Å². The molecule has 3 rings (SSSR count). The van der Waals surface area contributed by atoms with Crippen LogP contribution in [0.25, 0.3) is 11.3 Å². The second-order valence-corrected chi connectivity index (χ2v) is 8.59. The van der Waals surface area contributed by atoms with Crippen LogP contribution in [0.5, 0.6) is 0 Å². The number of halogens is 1. The zero-order chi connectivity index (χ0) is 18.5. The number of hydrogen-bond acceptors (Lipinski definition) is 4. The van der Waals surface area contributed by atoms with Gasteiger partial charge < -0.3 is 10.2 Å². The highest BCUT2D eigenvalue weighted by Crippen LogP contribution is 2.29. The number of thiazole rings is 1. The van der Waals surface area contributed by atoms with E-state index in [1.807, 2.05) is 31.2 Å². The maximum atomic E-state index is 12.6. The summed E-state index contributed by atoms with van der Waals surface area (Å²) in [6.45, 7) is 7.38. The van der Waals surface area contributed by atoms with Gasteiger partial charge in [-0.25, -0.2) is 4.98 Å². The Kier molecular flexibility index (Phi) is 6.68. The summed E-state index contributed by atoms with van der Waals surface area (Å²) in [6.07, 6.45) is 3.87. The van der Waals surface area contributed by atoms with Crippen molar-refractivity contribution in [3.05, 3.63) is 39.2 Å². The predicted molar refractivity (Wildman–Crippen MR) is 109 cm³/mol. The van der Waals surface area contributed by atoms with Gasteiger partial charge in [-0.2, -0.15) is 0 Å². The number of benzene rings is 1. The Morgan fingerprint density at radius 1 is 1.31 bits per heavy atom. The largest absolute Gasteiger partial charge is 0.352 e. The first-order chi connectivity index (χ1) is 12.5. The maximum Gasteiger partial charge on any atom is 0.225 e. The lowest BCUT2D eigenvalue weighted by Gasteiger charge is -2.23. The van der Waals surface area contributed by atoms with Crippen molar-refractivity contribution in [1.29, 1.82) is 0 Å². The molecule has 1 aliphatic heterocycles. The standard InChI is InChI=1S/C20H26ClN3OS/c1-3-17(13-24-10-4-5-11-24)23-19(25)12-18-20(22-14(2)26-18)15-6-8-16(21)9-7-15/h6-9,17H,3-5,10-13H2,1-2H3,(H,23,25)/t17-/m1/s1. The number of aryl methyl sites for hydroxylation is 1. The van der Waals surface area contributed by atoms with Crippen molar-refractivity contribution in [2.24, 2.45) is 0 Å². The van der Waals surface area contributed by atoms with Crippen LogP contribution in [0.15, 0.2) is 24.3 Å². The topological polar surface area (TPSA) is 45.2 Å². The van der Waals surface area contributed by atoms with E-state index in [1.165, 1.54) is 12.8 Å². The Bertz CT molecular complexity index is 738. The molecule has 0 unspecified atom stereocenters. The number of aromatic nitrogens is 1. The summed E-state index contributed by atoms with van der Waals surface area (Å²) in [4.78, 5) is 20.7. The van der Waals surface area contributed by atoms with E-state index < -0.39 is 0 Å². The molecule has 1 atom stereocenters. The van der Waals surface area contributed by atoms with Crippen LogP contribution in [0.1, 0.15) is 36.1 Å². The van der Waals surface area contributed by atoms with Gasteiger partial charge in [0.25, 0.3) is 0 Å². The number of carbonyl (C=O) groups excluding carboxylic acids is 1. The summed E-state index contributed by atoms with van der Waals surface area (Å²) >= 11 is 7.58. The Labute approximate surface area is 164 Å². The summed E-state index contributed by atoms with van der Waals surface area (Å²) < 4.78 is 0. The maximum absolute atomic E-state index is 12.6. The fourth-order valence-corrected chi connectivity index (χ4v) is 4.48. The zero-order valence-electron chi connectivity index (χ0n) is 15.4. The number of rotatable bonds is 7. The van der Waals surface area contributed by atoms with Crippen LogP contribution >= 0.6 is 22.9 Å². The van der Waals surface area contributed by atoms with Crippen LogP contribution < -0.4 is 5.32 Å². The molecule has 1 aliphatic rings. The zero-order valence-corrected chi connectivity index (χ0v) is 17.0. The second kappa shape index (κ2) is 8.98. The van der Waals surface area contributed by atoms with Crippen molar-refractivity contribution in [2.75, 3.05) is 19.6 Å². The molecule has 26 heavy (non-hydrogen) atoms. The van der Waals surface area contributed by atoms with Crippen LogP contribution in [0.3, 0.4) is 0 Å². The van der Waals surface area contributed by atoms with Gasteiger partial charge in [-0.3, -0.25) is 4.79 Å². The van der Waals surface area contributed by atoms with Crippen molar-refractivity contribution in [3.63, 3.8) is 0 Å². The normalized spacial score (nSPS) is 16.0. The number of amides is 1. The van der Waals surface area contributed by atoms with E-state index in [2.05, 4.69) is 22.1 Å². The molecule has 1 N–H and O–H groups in total. The number of likely N-dealkylation sites (tertiary alicyclic amines) is 1. The molecule has 1 aromatic heterocycles.